The molecular weight excluding hydrogens is 202 g/mol. The average molecular weight is 217 g/mol. The number of methoxy groups -OCH3 is 1. The van der Waals surface area contributed by atoms with E-state index in [4.69, 9.17) is 0 Å². The van der Waals surface area contributed by atoms with Crippen LogP contribution in [-0.2, 0) is 9.53 Å². The fourth-order valence-electron chi connectivity index (χ4n) is 0.781. The molecule has 0 fully saturated rings. The largest absolute Gasteiger partial charge is 0.364 e. The lowest BCUT2D eigenvalue weighted by Gasteiger charge is -2.23. The Labute approximate surface area is 88.0 Å². The van der Waals surface area contributed by atoms with Crippen LogP contribution in [-0.4, -0.2) is 55.7 Å². The van der Waals surface area contributed by atoms with Gasteiger partial charge in [0.1, 0.15) is 6.73 Å². The van der Waals surface area contributed by atoms with Crippen molar-refractivity contribution in [3.8, 4) is 0 Å². The molecule has 15 heavy (non-hydrogen) atoms. The molecule has 0 aromatic carbocycles. The van der Waals surface area contributed by atoms with Crippen LogP contribution >= 0.6 is 0 Å². The van der Waals surface area contributed by atoms with Gasteiger partial charge < -0.3 is 10.1 Å². The molecule has 0 unspecified atom stereocenters. The van der Waals surface area contributed by atoms with E-state index in [1.54, 1.807) is 0 Å². The molecule has 0 aliphatic rings. The summed E-state index contributed by atoms with van der Waals surface area (Å²) in [4.78, 5) is 35.3. The topological polar surface area (TPSA) is 79.0 Å². The molecule has 0 atom stereocenters. The minimum absolute atomic E-state index is 0.212. The molecule has 0 saturated heterocycles. The zero-order chi connectivity index (χ0) is 12.0. The van der Waals surface area contributed by atoms with Crippen LogP contribution in [0.4, 0.5) is 9.59 Å². The third-order valence-electron chi connectivity index (χ3n) is 1.71. The second-order valence-corrected chi connectivity index (χ2v) is 2.76. The second-order valence-electron chi connectivity index (χ2n) is 2.76. The standard InChI is InChI=1S/C8H15N3O4/c1-6(12)10(3)8(14)11(5-15-4)7(13)9-2/h5H2,1-4H3,(H,9,13). The van der Waals surface area contributed by atoms with Crippen molar-refractivity contribution >= 4 is 18.0 Å². The Morgan fingerprint density at radius 2 is 1.87 bits per heavy atom. The number of imide groups is 2. The molecule has 0 aliphatic heterocycles. The van der Waals surface area contributed by atoms with Gasteiger partial charge in [-0.1, -0.05) is 0 Å². The van der Waals surface area contributed by atoms with Gasteiger partial charge in [-0.05, 0) is 0 Å². The van der Waals surface area contributed by atoms with Gasteiger partial charge in [0.05, 0.1) is 0 Å². The number of nitrogens with one attached hydrogen (secondary N) is 1. The first-order valence-electron chi connectivity index (χ1n) is 4.22. The molecule has 0 spiro atoms. The van der Waals surface area contributed by atoms with Crippen LogP contribution in [0, 0.1) is 0 Å². The lowest BCUT2D eigenvalue weighted by atomic mass is 10.6. The molecule has 0 bridgehead atoms. The second kappa shape index (κ2) is 5.97. The van der Waals surface area contributed by atoms with Crippen molar-refractivity contribution in [3.05, 3.63) is 0 Å². The number of hydrogen-bond acceptors (Lipinski definition) is 4. The summed E-state index contributed by atoms with van der Waals surface area (Å²) in [6, 6.07) is -1.36. The number of hydrogen-bond donors (Lipinski definition) is 1. The number of amides is 5. The van der Waals surface area contributed by atoms with E-state index in [-0.39, 0.29) is 6.73 Å². The molecule has 0 aromatic rings. The predicted octanol–water partition coefficient (Wildman–Crippen LogP) is -0.170. The van der Waals surface area contributed by atoms with Crippen molar-refractivity contribution in [2.75, 3.05) is 27.9 Å². The fourth-order valence-corrected chi connectivity index (χ4v) is 0.781. The van der Waals surface area contributed by atoms with Crippen molar-refractivity contribution in [3.63, 3.8) is 0 Å². The minimum Gasteiger partial charge on any atom is -0.364 e. The van der Waals surface area contributed by atoms with Crippen LogP contribution in [0.15, 0.2) is 0 Å². The number of urea groups is 2. The average Bonchev–Trinajstić information content (AvgIpc) is 2.22. The van der Waals surface area contributed by atoms with Crippen molar-refractivity contribution in [2.45, 2.75) is 6.92 Å². The summed E-state index contributed by atoms with van der Waals surface area (Å²) in [6.07, 6.45) is 0. The van der Waals surface area contributed by atoms with Gasteiger partial charge in [-0.2, -0.15) is 0 Å². The number of carbonyl (C=O) groups is 3. The Balaban J connectivity index is 4.69. The van der Waals surface area contributed by atoms with Crippen LogP contribution < -0.4 is 5.32 Å². The van der Waals surface area contributed by atoms with Crippen LogP contribution in [0.3, 0.4) is 0 Å². The maximum atomic E-state index is 11.6. The summed E-state index contributed by atoms with van der Waals surface area (Å²) in [6.45, 7) is 1.02. The van der Waals surface area contributed by atoms with Gasteiger partial charge in [-0.3, -0.25) is 9.69 Å². The number of rotatable bonds is 2. The van der Waals surface area contributed by atoms with Crippen molar-refractivity contribution in [1.82, 2.24) is 15.1 Å². The van der Waals surface area contributed by atoms with Crippen LogP contribution in [0.1, 0.15) is 6.92 Å². The van der Waals surface area contributed by atoms with E-state index in [0.29, 0.717) is 0 Å². The Morgan fingerprint density at radius 1 is 1.33 bits per heavy atom. The summed E-state index contributed by atoms with van der Waals surface area (Å²) < 4.78 is 4.68. The predicted molar refractivity (Wildman–Crippen MR) is 52.0 cm³/mol. The quantitative estimate of drug-likeness (QED) is 0.651. The van der Waals surface area contributed by atoms with Crippen molar-refractivity contribution in [1.29, 1.82) is 0 Å². The molecule has 0 aromatic heterocycles. The molecule has 0 saturated carbocycles. The third-order valence-corrected chi connectivity index (χ3v) is 1.71. The zero-order valence-corrected chi connectivity index (χ0v) is 9.23. The summed E-state index contributed by atoms with van der Waals surface area (Å²) in [5.41, 5.74) is 0. The maximum Gasteiger partial charge on any atom is 0.336 e. The summed E-state index contributed by atoms with van der Waals surface area (Å²) >= 11 is 0. The highest BCUT2D eigenvalue weighted by molar-refractivity contribution is 6.00. The van der Waals surface area contributed by atoms with E-state index < -0.39 is 18.0 Å². The van der Waals surface area contributed by atoms with Gasteiger partial charge >= 0.3 is 12.1 Å². The highest BCUT2D eigenvalue weighted by Gasteiger charge is 2.25. The van der Waals surface area contributed by atoms with Gasteiger partial charge in [0.2, 0.25) is 5.91 Å². The lowest BCUT2D eigenvalue weighted by Crippen LogP contribution is -2.50. The van der Waals surface area contributed by atoms with Crippen molar-refractivity contribution < 1.29 is 19.1 Å². The Bertz CT molecular complexity index is 267. The molecule has 0 rings (SSSR count). The van der Waals surface area contributed by atoms with E-state index in [1.165, 1.54) is 28.1 Å². The molecule has 86 valence electrons. The van der Waals surface area contributed by atoms with Crippen LogP contribution in [0.2, 0.25) is 0 Å². The first-order valence-corrected chi connectivity index (χ1v) is 4.22. The molecule has 0 heterocycles. The summed E-state index contributed by atoms with van der Waals surface area (Å²) in [5, 5.41) is 2.27. The first-order chi connectivity index (χ1) is 6.95. The summed E-state index contributed by atoms with van der Waals surface area (Å²) in [7, 11) is 4.01. The molecule has 5 amide bonds. The highest BCUT2D eigenvalue weighted by Crippen LogP contribution is 1.98. The van der Waals surface area contributed by atoms with Crippen LogP contribution in [0.25, 0.3) is 0 Å². The van der Waals surface area contributed by atoms with E-state index in [1.807, 2.05) is 0 Å². The molecule has 0 radical (unpaired) electrons. The normalized spacial score (nSPS) is 9.33. The van der Waals surface area contributed by atoms with E-state index in [0.717, 1.165) is 9.80 Å². The summed E-state index contributed by atoms with van der Waals surface area (Å²) in [5.74, 6) is -0.454. The highest BCUT2D eigenvalue weighted by atomic mass is 16.5. The first kappa shape index (κ1) is 13.4. The third kappa shape index (κ3) is 3.55. The lowest BCUT2D eigenvalue weighted by molar-refractivity contribution is -0.125. The number of nitrogens with zero attached hydrogens (tertiary/aromatic N) is 2. The smallest absolute Gasteiger partial charge is 0.336 e. The fraction of sp³-hybridized carbons (Fsp3) is 0.625. The minimum atomic E-state index is -0.733. The maximum absolute atomic E-state index is 11.6. The van der Waals surface area contributed by atoms with E-state index in [9.17, 15) is 14.4 Å². The molecular formula is C8H15N3O4. The SMILES string of the molecule is CNC(=O)N(COC)C(=O)N(C)C(C)=O. The van der Waals surface area contributed by atoms with Gasteiger partial charge in [0.15, 0.2) is 0 Å². The Morgan fingerprint density at radius 3 is 2.20 bits per heavy atom. The van der Waals surface area contributed by atoms with Crippen LogP contribution in [0.5, 0.6) is 0 Å². The van der Waals surface area contributed by atoms with Gasteiger partial charge in [-0.25, -0.2) is 14.5 Å². The van der Waals surface area contributed by atoms with Gasteiger partial charge in [0, 0.05) is 28.1 Å². The van der Waals surface area contributed by atoms with Crippen molar-refractivity contribution in [2.24, 2.45) is 0 Å². The van der Waals surface area contributed by atoms with Gasteiger partial charge in [-0.15, -0.1) is 0 Å². The number of carbonyl (C=O) groups excluding carboxylic acids is 3. The number of ether oxygens (including phenoxy) is 1. The molecule has 0 aliphatic carbocycles. The molecule has 7 nitrogen and oxygen atoms in total. The monoisotopic (exact) mass is 217 g/mol. The van der Waals surface area contributed by atoms with E-state index >= 15 is 0 Å². The Hall–Kier alpha value is -1.63. The molecule has 7 heteroatoms. The Kier molecular flexibility index (Phi) is 5.32. The molecule has 1 N–H and O–H groups in total. The van der Waals surface area contributed by atoms with E-state index in [2.05, 4.69) is 10.1 Å². The zero-order valence-electron chi connectivity index (χ0n) is 9.23. The van der Waals surface area contributed by atoms with Gasteiger partial charge in [0.25, 0.3) is 0 Å².